The largest absolute Gasteiger partial charge is 0.449 e. The summed E-state index contributed by atoms with van der Waals surface area (Å²) in [6.45, 7) is 0. The van der Waals surface area contributed by atoms with E-state index in [2.05, 4.69) is 25.9 Å². The van der Waals surface area contributed by atoms with Crippen molar-refractivity contribution in [2.75, 3.05) is 0 Å². The molecule has 80 valence electrons. The van der Waals surface area contributed by atoms with E-state index in [0.29, 0.717) is 15.0 Å². The molecule has 1 heterocycles. The van der Waals surface area contributed by atoms with Crippen LogP contribution < -0.4 is 0 Å². The molecule has 0 saturated heterocycles. The van der Waals surface area contributed by atoms with Gasteiger partial charge in [-0.3, -0.25) is 0 Å². The Balaban J connectivity index is 2.72. The lowest BCUT2D eigenvalue weighted by Gasteiger charge is -1.98. The Kier molecular flexibility index (Phi) is 2.42. The Labute approximate surface area is 95.6 Å². The minimum Gasteiger partial charge on any atom is -0.334 e. The van der Waals surface area contributed by atoms with Gasteiger partial charge in [0, 0.05) is 0 Å². The number of imidazole rings is 1. The predicted octanol–water partition coefficient (Wildman–Crippen LogP) is 4.00. The Bertz CT molecular complexity index is 520. The number of alkyl halides is 3. The summed E-state index contributed by atoms with van der Waals surface area (Å²) in [6, 6.07) is 2.94. The molecule has 2 rings (SSSR count). The van der Waals surface area contributed by atoms with Gasteiger partial charge >= 0.3 is 6.18 Å². The van der Waals surface area contributed by atoms with Crippen LogP contribution in [0.1, 0.15) is 5.82 Å². The van der Waals surface area contributed by atoms with Crippen molar-refractivity contribution in [3.8, 4) is 0 Å². The molecule has 0 atom stereocenters. The molecule has 2 nitrogen and oxygen atoms in total. The summed E-state index contributed by atoms with van der Waals surface area (Å²) in [4.78, 5) is 5.61. The van der Waals surface area contributed by atoms with Gasteiger partial charge in [0.15, 0.2) is 0 Å². The second-order valence-electron chi connectivity index (χ2n) is 2.84. The van der Waals surface area contributed by atoms with Crippen LogP contribution in [0, 0.1) is 0 Å². The molecule has 1 aromatic carbocycles. The molecule has 0 bridgehead atoms. The molecule has 0 unspecified atom stereocenters. The molecule has 0 spiro atoms. The average Bonchev–Trinajstić information content (AvgIpc) is 2.55. The van der Waals surface area contributed by atoms with Crippen LogP contribution in [0.25, 0.3) is 11.0 Å². The lowest BCUT2D eigenvalue weighted by Crippen LogP contribution is -2.06. The molecule has 0 fully saturated rings. The van der Waals surface area contributed by atoms with Gasteiger partial charge in [0.2, 0.25) is 5.82 Å². The summed E-state index contributed by atoms with van der Waals surface area (Å²) in [5.41, 5.74) is 0.466. The van der Waals surface area contributed by atoms with E-state index in [-0.39, 0.29) is 5.52 Å². The third-order valence-corrected chi connectivity index (χ3v) is 3.16. The van der Waals surface area contributed by atoms with E-state index in [0.717, 1.165) is 0 Å². The van der Waals surface area contributed by atoms with E-state index < -0.39 is 12.0 Å². The number of benzene rings is 1. The first-order chi connectivity index (χ1) is 6.89. The summed E-state index contributed by atoms with van der Waals surface area (Å²) in [7, 11) is 0. The summed E-state index contributed by atoms with van der Waals surface area (Å²) in [5, 5.41) is 0.322. The molecular weight excluding hydrogens is 296 g/mol. The number of rotatable bonds is 0. The minimum atomic E-state index is -4.48. The van der Waals surface area contributed by atoms with Gasteiger partial charge in [-0.2, -0.15) is 13.2 Å². The van der Waals surface area contributed by atoms with Crippen molar-refractivity contribution in [3.05, 3.63) is 27.5 Å². The van der Waals surface area contributed by atoms with Gasteiger partial charge in [0.25, 0.3) is 0 Å². The Morgan fingerprint density at radius 2 is 2.00 bits per heavy atom. The van der Waals surface area contributed by atoms with E-state index in [9.17, 15) is 13.2 Å². The van der Waals surface area contributed by atoms with Crippen LogP contribution >= 0.6 is 27.5 Å². The van der Waals surface area contributed by atoms with Gasteiger partial charge in [0.1, 0.15) is 5.52 Å². The molecule has 7 heteroatoms. The van der Waals surface area contributed by atoms with Gasteiger partial charge in [-0.05, 0) is 28.1 Å². The number of hydrogen-bond donors (Lipinski definition) is 1. The molecule has 0 aliphatic carbocycles. The molecule has 0 saturated carbocycles. The highest BCUT2D eigenvalue weighted by Gasteiger charge is 2.35. The van der Waals surface area contributed by atoms with E-state index in [1.807, 2.05) is 0 Å². The van der Waals surface area contributed by atoms with Crippen LogP contribution in [-0.4, -0.2) is 9.97 Å². The first-order valence-corrected chi connectivity index (χ1v) is 4.97. The monoisotopic (exact) mass is 298 g/mol. The van der Waals surface area contributed by atoms with E-state index in [1.54, 1.807) is 0 Å². The maximum atomic E-state index is 12.3. The van der Waals surface area contributed by atoms with Gasteiger partial charge in [-0.25, -0.2) is 4.98 Å². The maximum absolute atomic E-state index is 12.3. The fourth-order valence-electron chi connectivity index (χ4n) is 1.15. The van der Waals surface area contributed by atoms with Crippen LogP contribution in [-0.2, 0) is 6.18 Å². The van der Waals surface area contributed by atoms with E-state index >= 15 is 0 Å². The normalized spacial score (nSPS) is 12.3. The molecular formula is C8H3BrClF3N2. The number of hydrogen-bond acceptors (Lipinski definition) is 1. The SMILES string of the molecule is FC(F)(F)c1nc2c(Br)c(Cl)ccc2[nH]1. The molecule has 1 N–H and O–H groups in total. The van der Waals surface area contributed by atoms with Gasteiger partial charge in [0.05, 0.1) is 15.0 Å². The summed E-state index contributed by atoms with van der Waals surface area (Å²) in [6.07, 6.45) is -4.48. The summed E-state index contributed by atoms with van der Waals surface area (Å²) in [5.74, 6) is -1.03. The number of nitrogens with zero attached hydrogens (tertiary/aromatic N) is 1. The van der Waals surface area contributed by atoms with E-state index in [4.69, 9.17) is 11.6 Å². The first kappa shape index (κ1) is 10.8. The number of nitrogens with one attached hydrogen (secondary N) is 1. The standard InChI is InChI=1S/C8H3BrClF3N2/c9-5-3(10)1-2-4-6(5)15-7(14-4)8(11,12)13/h1-2H,(H,14,15). The fraction of sp³-hybridized carbons (Fsp3) is 0.125. The molecule has 0 amide bonds. The second kappa shape index (κ2) is 3.38. The lowest BCUT2D eigenvalue weighted by molar-refractivity contribution is -0.144. The number of halogens is 5. The van der Waals surface area contributed by atoms with Crippen molar-refractivity contribution in [1.82, 2.24) is 9.97 Å². The van der Waals surface area contributed by atoms with Gasteiger partial charge in [-0.1, -0.05) is 11.6 Å². The molecule has 2 aromatic rings. The highest BCUT2D eigenvalue weighted by atomic mass is 79.9. The zero-order valence-corrected chi connectivity index (χ0v) is 9.33. The zero-order valence-electron chi connectivity index (χ0n) is 6.99. The lowest BCUT2D eigenvalue weighted by atomic mass is 10.3. The van der Waals surface area contributed by atoms with Crippen molar-refractivity contribution in [2.24, 2.45) is 0 Å². The van der Waals surface area contributed by atoms with Gasteiger partial charge in [-0.15, -0.1) is 0 Å². The molecule has 15 heavy (non-hydrogen) atoms. The molecule has 0 radical (unpaired) electrons. The van der Waals surface area contributed by atoms with Crippen molar-refractivity contribution in [3.63, 3.8) is 0 Å². The Morgan fingerprint density at radius 1 is 1.33 bits per heavy atom. The van der Waals surface area contributed by atoms with Crippen LogP contribution in [0.3, 0.4) is 0 Å². The zero-order chi connectivity index (χ0) is 11.2. The number of aromatic amines is 1. The molecule has 1 aromatic heterocycles. The Hall–Kier alpha value is -0.750. The quantitative estimate of drug-likeness (QED) is 0.782. The number of aromatic nitrogens is 2. The maximum Gasteiger partial charge on any atom is 0.449 e. The second-order valence-corrected chi connectivity index (χ2v) is 4.04. The topological polar surface area (TPSA) is 28.7 Å². The third-order valence-electron chi connectivity index (χ3n) is 1.81. The summed E-state index contributed by atoms with van der Waals surface area (Å²) >= 11 is 8.81. The van der Waals surface area contributed by atoms with Crippen molar-refractivity contribution >= 4 is 38.6 Å². The minimum absolute atomic E-state index is 0.176. The third kappa shape index (κ3) is 1.83. The fourth-order valence-corrected chi connectivity index (χ4v) is 1.74. The predicted molar refractivity (Wildman–Crippen MR) is 53.8 cm³/mol. The summed E-state index contributed by atoms with van der Waals surface area (Å²) < 4.78 is 37.3. The van der Waals surface area contributed by atoms with Crippen molar-refractivity contribution in [1.29, 1.82) is 0 Å². The Morgan fingerprint density at radius 3 is 2.60 bits per heavy atom. The smallest absolute Gasteiger partial charge is 0.334 e. The van der Waals surface area contributed by atoms with Crippen LogP contribution in [0.5, 0.6) is 0 Å². The van der Waals surface area contributed by atoms with E-state index in [1.165, 1.54) is 12.1 Å². The van der Waals surface area contributed by atoms with Crippen LogP contribution in [0.4, 0.5) is 13.2 Å². The van der Waals surface area contributed by atoms with Crippen molar-refractivity contribution in [2.45, 2.75) is 6.18 Å². The number of fused-ring (bicyclic) bond motifs is 1. The van der Waals surface area contributed by atoms with Crippen molar-refractivity contribution < 1.29 is 13.2 Å². The molecule has 0 aliphatic heterocycles. The highest BCUT2D eigenvalue weighted by Crippen LogP contribution is 2.33. The van der Waals surface area contributed by atoms with Crippen LogP contribution in [0.15, 0.2) is 16.6 Å². The molecule has 0 aliphatic rings. The number of H-pyrrole nitrogens is 1. The average molecular weight is 299 g/mol. The van der Waals surface area contributed by atoms with Crippen LogP contribution in [0.2, 0.25) is 5.02 Å². The first-order valence-electron chi connectivity index (χ1n) is 3.80. The van der Waals surface area contributed by atoms with Gasteiger partial charge < -0.3 is 4.98 Å². The highest BCUT2D eigenvalue weighted by molar-refractivity contribution is 9.10.